The third-order valence-electron chi connectivity index (χ3n) is 5.55. The molecule has 0 unspecified atom stereocenters. The Labute approximate surface area is 178 Å². The molecule has 31 heavy (non-hydrogen) atoms. The van der Waals surface area contributed by atoms with Crippen molar-refractivity contribution in [3.05, 3.63) is 86.8 Å². The Morgan fingerprint density at radius 2 is 1.71 bits per heavy atom. The predicted octanol–water partition coefficient (Wildman–Crippen LogP) is 4.76. The molecule has 1 aliphatic heterocycles. The number of hydrogen-bond donors (Lipinski definition) is 0. The number of fused-ring (bicyclic) bond motifs is 1. The Morgan fingerprint density at radius 1 is 1.00 bits per heavy atom. The Bertz CT molecular complexity index is 1170. The van der Waals surface area contributed by atoms with Gasteiger partial charge in [-0.25, -0.2) is 4.98 Å². The third-order valence-corrected chi connectivity index (χ3v) is 5.55. The minimum Gasteiger partial charge on any atom is -0.298 e. The van der Waals surface area contributed by atoms with Gasteiger partial charge in [0, 0.05) is 23.5 Å². The lowest BCUT2D eigenvalue weighted by Gasteiger charge is -2.38. The smallest absolute Gasteiger partial charge is 0.298 e. The molecular weight excluding hydrogens is 405 g/mol. The van der Waals surface area contributed by atoms with Gasteiger partial charge in [0.25, 0.3) is 5.56 Å². The fourth-order valence-electron chi connectivity index (χ4n) is 3.68. The van der Waals surface area contributed by atoms with E-state index in [-0.39, 0.29) is 5.56 Å². The van der Waals surface area contributed by atoms with Crippen LogP contribution in [0, 0.1) is 20.8 Å². The summed E-state index contributed by atoms with van der Waals surface area (Å²) >= 11 is 0. The highest BCUT2D eigenvalue weighted by molar-refractivity contribution is 5.59. The Morgan fingerprint density at radius 3 is 2.39 bits per heavy atom. The number of aryl methyl sites for hydroxylation is 2. The molecule has 0 saturated heterocycles. The van der Waals surface area contributed by atoms with Crippen molar-refractivity contribution >= 4 is 11.6 Å². The summed E-state index contributed by atoms with van der Waals surface area (Å²) in [5, 5.41) is 0. The van der Waals surface area contributed by atoms with Gasteiger partial charge in [-0.15, -0.1) is 0 Å². The Hall–Kier alpha value is -3.13. The summed E-state index contributed by atoms with van der Waals surface area (Å²) in [7, 11) is 0. The van der Waals surface area contributed by atoms with Crippen molar-refractivity contribution < 1.29 is 13.2 Å². The first kappa shape index (κ1) is 21.1. The van der Waals surface area contributed by atoms with E-state index in [4.69, 9.17) is 0 Å². The molecular formula is C23H23F3N4O. The summed E-state index contributed by atoms with van der Waals surface area (Å²) in [6, 6.07) is 13.2. The zero-order valence-corrected chi connectivity index (χ0v) is 17.6. The predicted molar refractivity (Wildman–Crippen MR) is 113 cm³/mol. The minimum atomic E-state index is -4.45. The summed E-state index contributed by atoms with van der Waals surface area (Å²) in [6.07, 6.45) is -4.45. The van der Waals surface area contributed by atoms with Crippen LogP contribution in [0.25, 0.3) is 0 Å². The van der Waals surface area contributed by atoms with Crippen LogP contribution in [0.1, 0.15) is 27.9 Å². The summed E-state index contributed by atoms with van der Waals surface area (Å²) in [5.41, 5.74) is 2.72. The molecule has 0 amide bonds. The number of alkyl halides is 3. The van der Waals surface area contributed by atoms with Crippen molar-refractivity contribution in [2.45, 2.75) is 40.2 Å². The molecule has 0 saturated carbocycles. The highest BCUT2D eigenvalue weighted by Gasteiger charge is 2.32. The number of rotatable bonds is 3. The maximum Gasteiger partial charge on any atom is 0.416 e. The number of nitrogens with zero attached hydrogens (tertiary/aromatic N) is 4. The van der Waals surface area contributed by atoms with E-state index in [0.717, 1.165) is 23.3 Å². The minimum absolute atomic E-state index is 0.187. The SMILES string of the molecule is Cc1ccc(CN2CN(c3cccc(C(F)(F)F)c3)c3nc(C)c(C)c(=O)n3C2)cc1. The summed E-state index contributed by atoms with van der Waals surface area (Å²) in [6.45, 7) is 6.63. The van der Waals surface area contributed by atoms with Gasteiger partial charge in [-0.2, -0.15) is 13.2 Å². The van der Waals surface area contributed by atoms with Gasteiger partial charge < -0.3 is 0 Å². The lowest BCUT2D eigenvalue weighted by Crippen LogP contribution is -2.47. The number of anilines is 2. The molecule has 3 aromatic rings. The molecule has 0 aliphatic carbocycles. The highest BCUT2D eigenvalue weighted by Crippen LogP contribution is 2.34. The summed E-state index contributed by atoms with van der Waals surface area (Å²) in [4.78, 5) is 21.2. The highest BCUT2D eigenvalue weighted by atomic mass is 19.4. The van der Waals surface area contributed by atoms with Crippen LogP contribution < -0.4 is 10.5 Å². The average Bonchev–Trinajstić information content (AvgIpc) is 2.73. The molecule has 0 spiro atoms. The van der Waals surface area contributed by atoms with Gasteiger partial charge in [0.05, 0.1) is 18.9 Å². The maximum absolute atomic E-state index is 13.3. The first-order valence-corrected chi connectivity index (χ1v) is 9.94. The molecule has 2 aromatic carbocycles. The fraction of sp³-hybridized carbons (Fsp3) is 0.304. The quantitative estimate of drug-likeness (QED) is 0.604. The van der Waals surface area contributed by atoms with E-state index >= 15 is 0 Å². The Balaban J connectivity index is 1.78. The molecule has 0 fully saturated rings. The van der Waals surface area contributed by atoms with E-state index in [2.05, 4.69) is 4.98 Å². The van der Waals surface area contributed by atoms with Gasteiger partial charge in [0.2, 0.25) is 5.95 Å². The van der Waals surface area contributed by atoms with Crippen molar-refractivity contribution in [2.75, 3.05) is 11.6 Å². The van der Waals surface area contributed by atoms with Crippen LogP contribution >= 0.6 is 0 Å². The molecule has 4 rings (SSSR count). The molecule has 162 valence electrons. The second-order valence-corrected chi connectivity index (χ2v) is 7.93. The average molecular weight is 428 g/mol. The molecule has 1 aliphatic rings. The van der Waals surface area contributed by atoms with E-state index in [0.29, 0.717) is 42.8 Å². The Kier molecular flexibility index (Phi) is 5.35. The monoisotopic (exact) mass is 428 g/mol. The van der Waals surface area contributed by atoms with Crippen molar-refractivity contribution in [1.82, 2.24) is 14.5 Å². The molecule has 0 radical (unpaired) electrons. The number of benzene rings is 2. The lowest BCUT2D eigenvalue weighted by molar-refractivity contribution is -0.137. The van der Waals surface area contributed by atoms with Gasteiger partial charge >= 0.3 is 6.18 Å². The van der Waals surface area contributed by atoms with Crippen LogP contribution in [-0.2, 0) is 19.4 Å². The standard InChI is InChI=1S/C23H23F3N4O/c1-15-7-9-18(10-8-15)12-28-13-29(20-6-4-5-19(11-20)23(24,25)26)22-27-17(3)16(2)21(31)30(22)14-28/h4-11H,12-14H2,1-3H3. The van der Waals surface area contributed by atoms with Crippen molar-refractivity contribution in [1.29, 1.82) is 0 Å². The second-order valence-electron chi connectivity index (χ2n) is 7.93. The van der Waals surface area contributed by atoms with Gasteiger partial charge in [0.1, 0.15) is 0 Å². The van der Waals surface area contributed by atoms with Crippen LogP contribution in [0.2, 0.25) is 0 Å². The summed E-state index contributed by atoms with van der Waals surface area (Å²) < 4.78 is 41.5. The molecule has 0 bridgehead atoms. The van der Waals surface area contributed by atoms with Crippen LogP contribution in [0.4, 0.5) is 24.8 Å². The van der Waals surface area contributed by atoms with Crippen molar-refractivity contribution in [3.63, 3.8) is 0 Å². The fourth-order valence-corrected chi connectivity index (χ4v) is 3.68. The van der Waals surface area contributed by atoms with Crippen molar-refractivity contribution in [2.24, 2.45) is 0 Å². The maximum atomic E-state index is 13.3. The molecule has 2 heterocycles. The van der Waals surface area contributed by atoms with Gasteiger partial charge in [-0.1, -0.05) is 35.9 Å². The van der Waals surface area contributed by atoms with E-state index in [9.17, 15) is 18.0 Å². The molecule has 8 heteroatoms. The van der Waals surface area contributed by atoms with Crippen molar-refractivity contribution in [3.8, 4) is 0 Å². The third kappa shape index (κ3) is 4.20. The number of aromatic nitrogens is 2. The zero-order chi connectivity index (χ0) is 22.3. The first-order valence-electron chi connectivity index (χ1n) is 9.94. The molecule has 5 nitrogen and oxygen atoms in total. The first-order chi connectivity index (χ1) is 14.6. The normalized spacial score (nSPS) is 14.6. The molecule has 0 N–H and O–H groups in total. The topological polar surface area (TPSA) is 41.4 Å². The largest absolute Gasteiger partial charge is 0.416 e. The van der Waals surface area contributed by atoms with Crippen LogP contribution in [0.3, 0.4) is 0 Å². The van der Waals surface area contributed by atoms with Gasteiger partial charge in [0.15, 0.2) is 0 Å². The van der Waals surface area contributed by atoms with Crippen LogP contribution in [0.15, 0.2) is 53.3 Å². The van der Waals surface area contributed by atoms with Gasteiger partial charge in [-0.3, -0.25) is 19.2 Å². The van der Waals surface area contributed by atoms with Crippen LogP contribution in [0.5, 0.6) is 0 Å². The second kappa shape index (κ2) is 7.85. The summed E-state index contributed by atoms with van der Waals surface area (Å²) in [5.74, 6) is 0.354. The zero-order valence-electron chi connectivity index (χ0n) is 17.6. The number of halogens is 3. The van der Waals surface area contributed by atoms with Crippen LogP contribution in [-0.4, -0.2) is 21.1 Å². The molecule has 0 atom stereocenters. The number of hydrogen-bond acceptors (Lipinski definition) is 4. The van der Waals surface area contributed by atoms with E-state index in [1.54, 1.807) is 24.8 Å². The lowest BCUT2D eigenvalue weighted by atomic mass is 10.1. The molecule has 1 aromatic heterocycles. The van der Waals surface area contributed by atoms with E-state index in [1.165, 1.54) is 10.6 Å². The van der Waals surface area contributed by atoms with E-state index < -0.39 is 11.7 Å². The van der Waals surface area contributed by atoms with E-state index in [1.807, 2.05) is 36.1 Å². The van der Waals surface area contributed by atoms with Gasteiger partial charge in [-0.05, 0) is 44.5 Å².